The van der Waals surface area contributed by atoms with Crippen molar-refractivity contribution in [3.63, 3.8) is 0 Å². The first-order valence-corrected chi connectivity index (χ1v) is 11.1. The van der Waals surface area contributed by atoms with Crippen molar-refractivity contribution in [1.29, 1.82) is 0 Å². The van der Waals surface area contributed by atoms with E-state index in [1.54, 1.807) is 18.5 Å². The van der Waals surface area contributed by atoms with Crippen LogP contribution in [0.2, 0.25) is 0 Å². The molecule has 0 N–H and O–H groups in total. The number of benzene rings is 1. The number of nitrogens with zero attached hydrogens (tertiary/aromatic N) is 2. The average molecular weight is 383 g/mol. The van der Waals surface area contributed by atoms with Crippen LogP contribution >= 0.6 is 0 Å². The minimum absolute atomic E-state index is 0.635. The number of likely N-dealkylation sites (tertiary alicyclic amines) is 1. The Morgan fingerprint density at radius 2 is 1.73 bits per heavy atom. The van der Waals surface area contributed by atoms with Gasteiger partial charge in [-0.15, -0.1) is 0 Å². The quantitative estimate of drug-likeness (QED) is 0.755. The molecule has 2 heterocycles. The molecule has 26 heavy (non-hydrogen) atoms. The van der Waals surface area contributed by atoms with Crippen molar-refractivity contribution in [2.45, 2.75) is 25.8 Å². The van der Waals surface area contributed by atoms with Crippen LogP contribution < -0.4 is 9.47 Å². The Balaban J connectivity index is 1.55. The van der Waals surface area contributed by atoms with E-state index in [0.717, 1.165) is 44.0 Å². The van der Waals surface area contributed by atoms with E-state index in [9.17, 15) is 8.42 Å². The fraction of sp³-hybridized carbons (Fsp3) is 0.684. The summed E-state index contributed by atoms with van der Waals surface area (Å²) in [6, 6.07) is 5.99. The monoisotopic (exact) mass is 382 g/mol. The first-order chi connectivity index (χ1) is 12.4. The van der Waals surface area contributed by atoms with E-state index in [0.29, 0.717) is 24.9 Å². The molecule has 1 aromatic rings. The van der Waals surface area contributed by atoms with Gasteiger partial charge in [-0.05, 0) is 43.7 Å². The molecule has 0 spiro atoms. The Kier molecular flexibility index (Phi) is 6.10. The van der Waals surface area contributed by atoms with Crippen molar-refractivity contribution in [1.82, 2.24) is 9.21 Å². The van der Waals surface area contributed by atoms with Gasteiger partial charge in [-0.3, -0.25) is 4.90 Å². The molecule has 2 aliphatic rings. The summed E-state index contributed by atoms with van der Waals surface area (Å²) in [5.41, 5.74) is 1.18. The topological polar surface area (TPSA) is 59.1 Å². The SMILES string of the molecule is COc1ccc(CN2CCC(C3CCN(S(C)(=O)=O)CC3)C2)c(OC)c1. The highest BCUT2D eigenvalue weighted by Gasteiger charge is 2.33. The van der Waals surface area contributed by atoms with Crippen molar-refractivity contribution in [3.05, 3.63) is 23.8 Å². The van der Waals surface area contributed by atoms with Gasteiger partial charge in [0.25, 0.3) is 0 Å². The minimum Gasteiger partial charge on any atom is -0.497 e. The molecular weight excluding hydrogens is 352 g/mol. The van der Waals surface area contributed by atoms with E-state index in [-0.39, 0.29) is 0 Å². The lowest BCUT2D eigenvalue weighted by molar-refractivity contribution is 0.201. The number of rotatable bonds is 6. The second-order valence-corrected chi connectivity index (χ2v) is 9.44. The van der Waals surface area contributed by atoms with Crippen molar-refractivity contribution in [2.24, 2.45) is 11.8 Å². The van der Waals surface area contributed by atoms with E-state index in [2.05, 4.69) is 11.0 Å². The van der Waals surface area contributed by atoms with Crippen LogP contribution in [0.4, 0.5) is 0 Å². The Morgan fingerprint density at radius 3 is 2.35 bits per heavy atom. The zero-order chi connectivity index (χ0) is 18.7. The summed E-state index contributed by atoms with van der Waals surface area (Å²) in [5, 5.41) is 0. The fourth-order valence-corrected chi connectivity index (χ4v) is 5.17. The minimum atomic E-state index is -3.04. The first kappa shape index (κ1) is 19.5. The number of hydrogen-bond donors (Lipinski definition) is 0. The summed E-state index contributed by atoms with van der Waals surface area (Å²) >= 11 is 0. The highest BCUT2D eigenvalue weighted by Crippen LogP contribution is 2.34. The molecule has 2 fully saturated rings. The predicted molar refractivity (Wildman–Crippen MR) is 102 cm³/mol. The molecule has 0 aromatic heterocycles. The molecule has 0 aliphatic carbocycles. The van der Waals surface area contributed by atoms with Gasteiger partial charge in [-0.25, -0.2) is 12.7 Å². The van der Waals surface area contributed by atoms with Crippen molar-refractivity contribution < 1.29 is 17.9 Å². The third kappa shape index (κ3) is 4.50. The zero-order valence-electron chi connectivity index (χ0n) is 16.0. The Hall–Kier alpha value is -1.31. The summed E-state index contributed by atoms with van der Waals surface area (Å²) in [7, 11) is 0.317. The molecule has 0 amide bonds. The average Bonchev–Trinajstić information content (AvgIpc) is 3.10. The predicted octanol–water partition coefficient (Wildman–Crippen LogP) is 2.20. The summed E-state index contributed by atoms with van der Waals surface area (Å²) < 4.78 is 35.8. The molecule has 1 unspecified atom stereocenters. The van der Waals surface area contributed by atoms with Crippen LogP contribution in [-0.4, -0.2) is 64.3 Å². The van der Waals surface area contributed by atoms with E-state index in [4.69, 9.17) is 9.47 Å². The van der Waals surface area contributed by atoms with Gasteiger partial charge in [0.1, 0.15) is 11.5 Å². The molecule has 7 heteroatoms. The Labute approximate surface area is 157 Å². The van der Waals surface area contributed by atoms with Gasteiger partial charge < -0.3 is 9.47 Å². The lowest BCUT2D eigenvalue weighted by Crippen LogP contribution is -2.39. The van der Waals surface area contributed by atoms with E-state index in [1.807, 2.05) is 12.1 Å². The van der Waals surface area contributed by atoms with Gasteiger partial charge in [0.2, 0.25) is 10.0 Å². The third-order valence-corrected chi connectivity index (χ3v) is 7.13. The van der Waals surface area contributed by atoms with Crippen LogP contribution in [0, 0.1) is 11.8 Å². The normalized spacial score (nSPS) is 23.3. The standard InChI is InChI=1S/C19H30N2O4S/c1-24-18-5-4-17(19(12-18)25-2)14-20-9-6-16(13-20)15-7-10-21(11-8-15)26(3,22)23/h4-5,12,15-16H,6-11,13-14H2,1-3H3. The maximum atomic E-state index is 11.7. The van der Waals surface area contributed by atoms with Gasteiger partial charge >= 0.3 is 0 Å². The lowest BCUT2D eigenvalue weighted by atomic mass is 9.84. The lowest BCUT2D eigenvalue weighted by Gasteiger charge is -2.33. The molecule has 0 radical (unpaired) electrons. The smallest absolute Gasteiger partial charge is 0.211 e. The van der Waals surface area contributed by atoms with Crippen molar-refractivity contribution >= 4 is 10.0 Å². The largest absolute Gasteiger partial charge is 0.497 e. The molecule has 146 valence electrons. The molecule has 1 aromatic carbocycles. The number of sulfonamides is 1. The molecule has 0 saturated carbocycles. The maximum Gasteiger partial charge on any atom is 0.211 e. The number of methoxy groups -OCH3 is 2. The highest BCUT2D eigenvalue weighted by molar-refractivity contribution is 7.88. The van der Waals surface area contributed by atoms with Crippen LogP contribution in [0.1, 0.15) is 24.8 Å². The second kappa shape index (κ2) is 8.15. The summed E-state index contributed by atoms with van der Waals surface area (Å²) in [6.45, 7) is 4.40. The third-order valence-electron chi connectivity index (χ3n) is 5.83. The Bertz CT molecular complexity index is 714. The van der Waals surface area contributed by atoms with Gasteiger partial charge in [0, 0.05) is 37.8 Å². The summed E-state index contributed by atoms with van der Waals surface area (Å²) in [4.78, 5) is 2.48. The van der Waals surface area contributed by atoms with Crippen LogP contribution in [-0.2, 0) is 16.6 Å². The summed E-state index contributed by atoms with van der Waals surface area (Å²) in [5.74, 6) is 2.98. The highest BCUT2D eigenvalue weighted by atomic mass is 32.2. The molecule has 0 bridgehead atoms. The molecule has 3 rings (SSSR count). The molecule has 2 aliphatic heterocycles. The number of hydrogen-bond acceptors (Lipinski definition) is 5. The van der Waals surface area contributed by atoms with Gasteiger partial charge in [-0.1, -0.05) is 6.07 Å². The van der Waals surface area contributed by atoms with E-state index >= 15 is 0 Å². The zero-order valence-corrected chi connectivity index (χ0v) is 16.8. The Morgan fingerprint density at radius 1 is 1.04 bits per heavy atom. The van der Waals surface area contributed by atoms with E-state index in [1.165, 1.54) is 18.2 Å². The maximum absolute atomic E-state index is 11.7. The van der Waals surface area contributed by atoms with Crippen LogP contribution in [0.5, 0.6) is 11.5 Å². The van der Waals surface area contributed by atoms with Crippen molar-refractivity contribution in [2.75, 3.05) is 46.7 Å². The summed E-state index contributed by atoms with van der Waals surface area (Å²) in [6.07, 6.45) is 4.48. The molecule has 1 atom stereocenters. The fourth-order valence-electron chi connectivity index (χ4n) is 4.29. The second-order valence-electron chi connectivity index (χ2n) is 7.46. The molecule has 2 saturated heterocycles. The number of ether oxygens (including phenoxy) is 2. The van der Waals surface area contributed by atoms with Crippen LogP contribution in [0.25, 0.3) is 0 Å². The van der Waals surface area contributed by atoms with Gasteiger partial charge in [-0.2, -0.15) is 0 Å². The number of piperidine rings is 1. The van der Waals surface area contributed by atoms with E-state index < -0.39 is 10.0 Å². The molecule has 6 nitrogen and oxygen atoms in total. The first-order valence-electron chi connectivity index (χ1n) is 9.29. The van der Waals surface area contributed by atoms with Crippen LogP contribution in [0.15, 0.2) is 18.2 Å². The molecular formula is C19H30N2O4S. The van der Waals surface area contributed by atoms with Crippen molar-refractivity contribution in [3.8, 4) is 11.5 Å². The van der Waals surface area contributed by atoms with Crippen LogP contribution in [0.3, 0.4) is 0 Å². The van der Waals surface area contributed by atoms with Gasteiger partial charge in [0.05, 0.1) is 20.5 Å². The van der Waals surface area contributed by atoms with Gasteiger partial charge in [0.15, 0.2) is 0 Å².